The van der Waals surface area contributed by atoms with Gasteiger partial charge >= 0.3 is 0 Å². The monoisotopic (exact) mass is 292 g/mol. The Hall–Kier alpha value is 0.110. The van der Waals surface area contributed by atoms with E-state index in [1.54, 1.807) is 0 Å². The van der Waals surface area contributed by atoms with Gasteiger partial charge in [-0.15, -0.1) is 0 Å². The molecule has 0 radical (unpaired) electrons. The number of hydrogen-bond acceptors (Lipinski definition) is 3. The molecule has 0 fully saturated rings. The molecule has 4 nitrogen and oxygen atoms in total. The van der Waals surface area contributed by atoms with Crippen molar-refractivity contribution in [2.45, 2.75) is 40.5 Å². The molecule has 0 atom stereocenters. The third-order valence-corrected chi connectivity index (χ3v) is 5.78. The van der Waals surface area contributed by atoms with Gasteiger partial charge in [-0.05, 0) is 52.1 Å². The van der Waals surface area contributed by atoms with E-state index in [4.69, 9.17) is 0 Å². The molecule has 0 unspecified atom stereocenters. The first-order valence-corrected chi connectivity index (χ1v) is 9.77. The SMILES string of the molecule is CCN(CC)CCCP(=O)(O)CCCN(CC)CC. The van der Waals surface area contributed by atoms with Crippen LogP contribution in [0, 0.1) is 0 Å². The van der Waals surface area contributed by atoms with Gasteiger partial charge in [-0.1, -0.05) is 27.7 Å². The van der Waals surface area contributed by atoms with Crippen molar-refractivity contribution in [1.82, 2.24) is 9.80 Å². The van der Waals surface area contributed by atoms with Crippen LogP contribution < -0.4 is 0 Å². The second-order valence-corrected chi connectivity index (χ2v) is 7.64. The molecular formula is C14H33N2O2P. The number of hydrogen-bond donors (Lipinski definition) is 1. The summed E-state index contributed by atoms with van der Waals surface area (Å²) in [6, 6.07) is 0. The molecule has 0 amide bonds. The van der Waals surface area contributed by atoms with Crippen molar-refractivity contribution in [3.8, 4) is 0 Å². The van der Waals surface area contributed by atoms with Crippen molar-refractivity contribution in [3.05, 3.63) is 0 Å². The molecule has 1 N–H and O–H groups in total. The lowest BCUT2D eigenvalue weighted by molar-refractivity contribution is 0.300. The van der Waals surface area contributed by atoms with Crippen molar-refractivity contribution in [2.75, 3.05) is 51.6 Å². The Bertz CT molecular complexity index is 232. The third-order valence-electron chi connectivity index (χ3n) is 3.75. The average Bonchev–Trinajstić information content (AvgIpc) is 2.39. The Morgan fingerprint density at radius 2 is 1.11 bits per heavy atom. The van der Waals surface area contributed by atoms with Crippen molar-refractivity contribution < 1.29 is 9.46 Å². The van der Waals surface area contributed by atoms with Gasteiger partial charge in [0.15, 0.2) is 0 Å². The van der Waals surface area contributed by atoms with E-state index < -0.39 is 7.37 Å². The molecule has 0 aromatic heterocycles. The molecule has 0 aromatic carbocycles. The minimum absolute atomic E-state index is 0.474. The highest BCUT2D eigenvalue weighted by Gasteiger charge is 2.17. The Morgan fingerprint density at radius 1 is 0.789 bits per heavy atom. The first-order valence-electron chi connectivity index (χ1n) is 7.74. The highest BCUT2D eigenvalue weighted by molar-refractivity contribution is 7.57. The Kier molecular flexibility index (Phi) is 10.9. The van der Waals surface area contributed by atoms with Gasteiger partial charge in [0, 0.05) is 12.3 Å². The molecule has 116 valence electrons. The van der Waals surface area contributed by atoms with Gasteiger partial charge in [0.1, 0.15) is 0 Å². The summed E-state index contributed by atoms with van der Waals surface area (Å²) < 4.78 is 12.0. The lowest BCUT2D eigenvalue weighted by Crippen LogP contribution is -2.25. The summed E-state index contributed by atoms with van der Waals surface area (Å²) in [6.45, 7) is 14.5. The summed E-state index contributed by atoms with van der Waals surface area (Å²) in [4.78, 5) is 14.6. The molecule has 0 saturated carbocycles. The van der Waals surface area contributed by atoms with E-state index in [1.165, 1.54) is 0 Å². The summed E-state index contributed by atoms with van der Waals surface area (Å²) in [6.07, 6.45) is 2.62. The predicted molar refractivity (Wildman–Crippen MR) is 84.4 cm³/mol. The number of nitrogens with zero attached hydrogens (tertiary/aromatic N) is 2. The van der Waals surface area contributed by atoms with E-state index in [2.05, 4.69) is 37.5 Å². The second kappa shape index (κ2) is 10.8. The van der Waals surface area contributed by atoms with Gasteiger partial charge in [-0.2, -0.15) is 0 Å². The van der Waals surface area contributed by atoms with Crippen LogP contribution in [0.3, 0.4) is 0 Å². The molecule has 0 spiro atoms. The molecule has 0 aliphatic carbocycles. The zero-order valence-electron chi connectivity index (χ0n) is 13.3. The van der Waals surface area contributed by atoms with Crippen LogP contribution in [-0.2, 0) is 4.57 Å². The topological polar surface area (TPSA) is 43.8 Å². The maximum absolute atomic E-state index is 12.0. The first kappa shape index (κ1) is 19.1. The minimum atomic E-state index is -2.90. The lowest BCUT2D eigenvalue weighted by Gasteiger charge is -2.20. The van der Waals surface area contributed by atoms with Gasteiger partial charge in [-0.3, -0.25) is 4.57 Å². The van der Waals surface area contributed by atoms with Crippen LogP contribution in [-0.4, -0.2) is 66.3 Å². The van der Waals surface area contributed by atoms with Gasteiger partial charge in [-0.25, -0.2) is 0 Å². The molecule has 5 heteroatoms. The fourth-order valence-electron chi connectivity index (χ4n) is 2.27. The summed E-state index contributed by atoms with van der Waals surface area (Å²) in [7, 11) is -2.90. The van der Waals surface area contributed by atoms with E-state index in [0.717, 1.165) is 52.1 Å². The smallest absolute Gasteiger partial charge is 0.200 e. The maximum Gasteiger partial charge on any atom is 0.200 e. The van der Waals surface area contributed by atoms with Crippen LogP contribution in [0.2, 0.25) is 0 Å². The van der Waals surface area contributed by atoms with E-state index in [9.17, 15) is 9.46 Å². The fourth-order valence-corrected chi connectivity index (χ4v) is 3.77. The second-order valence-electron chi connectivity index (χ2n) is 5.05. The van der Waals surface area contributed by atoms with Crippen molar-refractivity contribution in [2.24, 2.45) is 0 Å². The molecule has 0 rings (SSSR count). The van der Waals surface area contributed by atoms with E-state index in [0.29, 0.717) is 12.3 Å². The third kappa shape index (κ3) is 9.61. The highest BCUT2D eigenvalue weighted by Crippen LogP contribution is 2.41. The average molecular weight is 292 g/mol. The normalized spacial score (nSPS) is 12.6. The van der Waals surface area contributed by atoms with Gasteiger partial charge < -0.3 is 14.7 Å². The van der Waals surface area contributed by atoms with Crippen LogP contribution >= 0.6 is 7.37 Å². The van der Waals surface area contributed by atoms with Gasteiger partial charge in [0.25, 0.3) is 0 Å². The fraction of sp³-hybridized carbons (Fsp3) is 1.00. The summed E-state index contributed by atoms with van der Waals surface area (Å²) in [5.74, 6) is 0. The Morgan fingerprint density at radius 3 is 1.37 bits per heavy atom. The number of rotatable bonds is 12. The summed E-state index contributed by atoms with van der Waals surface area (Å²) >= 11 is 0. The minimum Gasteiger partial charge on any atom is -0.344 e. The summed E-state index contributed by atoms with van der Waals surface area (Å²) in [5.41, 5.74) is 0. The molecule has 0 saturated heterocycles. The molecule has 0 aliphatic heterocycles. The van der Waals surface area contributed by atoms with Crippen LogP contribution in [0.15, 0.2) is 0 Å². The Labute approximate surface area is 119 Å². The Balaban J connectivity index is 3.82. The van der Waals surface area contributed by atoms with Crippen molar-refractivity contribution in [1.29, 1.82) is 0 Å². The van der Waals surface area contributed by atoms with Crippen LogP contribution in [0.1, 0.15) is 40.5 Å². The van der Waals surface area contributed by atoms with Gasteiger partial charge in [0.05, 0.1) is 0 Å². The molecular weight excluding hydrogens is 259 g/mol. The first-order chi connectivity index (χ1) is 8.99. The molecule has 0 heterocycles. The molecule has 19 heavy (non-hydrogen) atoms. The molecule has 0 aliphatic rings. The highest BCUT2D eigenvalue weighted by atomic mass is 31.2. The van der Waals surface area contributed by atoms with E-state index >= 15 is 0 Å². The van der Waals surface area contributed by atoms with Crippen molar-refractivity contribution in [3.63, 3.8) is 0 Å². The summed E-state index contributed by atoms with van der Waals surface area (Å²) in [5, 5.41) is 0. The largest absolute Gasteiger partial charge is 0.344 e. The zero-order valence-corrected chi connectivity index (χ0v) is 14.2. The van der Waals surface area contributed by atoms with Crippen molar-refractivity contribution >= 4 is 7.37 Å². The zero-order chi connectivity index (χ0) is 14.7. The predicted octanol–water partition coefficient (Wildman–Crippen LogP) is 2.72. The maximum atomic E-state index is 12.0. The van der Waals surface area contributed by atoms with Crippen LogP contribution in [0.25, 0.3) is 0 Å². The van der Waals surface area contributed by atoms with E-state index in [1.807, 2.05) is 0 Å². The standard InChI is InChI=1S/C14H33N2O2P/c1-5-15(6-2)11-9-13-19(17,18)14-10-12-16(7-3)8-4/h5-14H2,1-4H3,(H,17,18). The van der Waals surface area contributed by atoms with E-state index in [-0.39, 0.29) is 0 Å². The quantitative estimate of drug-likeness (QED) is 0.562. The lowest BCUT2D eigenvalue weighted by atomic mass is 10.4. The van der Waals surface area contributed by atoms with Crippen LogP contribution in [0.5, 0.6) is 0 Å². The van der Waals surface area contributed by atoms with Crippen LogP contribution in [0.4, 0.5) is 0 Å². The van der Waals surface area contributed by atoms with Gasteiger partial charge in [0.2, 0.25) is 7.37 Å². The molecule has 0 aromatic rings. The molecule has 0 bridgehead atoms.